The van der Waals surface area contributed by atoms with Crippen molar-refractivity contribution in [2.75, 3.05) is 13.1 Å². The van der Waals surface area contributed by atoms with Gasteiger partial charge in [0.15, 0.2) is 0 Å². The molecule has 3 heterocycles. The summed E-state index contributed by atoms with van der Waals surface area (Å²) in [5.41, 5.74) is 2.72. The van der Waals surface area contributed by atoms with Crippen LogP contribution in [0.25, 0.3) is 11.0 Å². The molecule has 124 valence electrons. The summed E-state index contributed by atoms with van der Waals surface area (Å²) in [4.78, 5) is 22.9. The van der Waals surface area contributed by atoms with Gasteiger partial charge in [-0.25, -0.2) is 4.98 Å². The maximum absolute atomic E-state index is 12.8. The Bertz CT molecular complexity index is 860. The average Bonchev–Trinajstić information content (AvgIpc) is 3.17. The van der Waals surface area contributed by atoms with Gasteiger partial charge in [0.25, 0.3) is 5.91 Å². The van der Waals surface area contributed by atoms with Crippen LogP contribution in [-0.2, 0) is 0 Å². The summed E-state index contributed by atoms with van der Waals surface area (Å²) in [5, 5.41) is 0. The number of likely N-dealkylation sites (tertiary alicyclic amines) is 1. The minimum absolute atomic E-state index is 0.0603. The zero-order chi connectivity index (χ0) is 16.7. The molecule has 1 unspecified atom stereocenters. The third-order valence-electron chi connectivity index (χ3n) is 4.77. The molecule has 1 N–H and O–H groups in total. The van der Waals surface area contributed by atoms with Crippen molar-refractivity contribution in [3.8, 4) is 0 Å². The Morgan fingerprint density at radius 2 is 2.17 bits per heavy atom. The predicted octanol–water partition coefficient (Wildman–Crippen LogP) is 3.79. The van der Waals surface area contributed by atoms with Gasteiger partial charge < -0.3 is 14.3 Å². The average molecular weight is 323 g/mol. The van der Waals surface area contributed by atoms with Crippen LogP contribution in [0.3, 0.4) is 0 Å². The van der Waals surface area contributed by atoms with E-state index in [1.807, 2.05) is 49.1 Å². The van der Waals surface area contributed by atoms with Gasteiger partial charge in [-0.15, -0.1) is 0 Å². The van der Waals surface area contributed by atoms with Crippen LogP contribution in [0.1, 0.15) is 46.5 Å². The Labute approximate surface area is 140 Å². The normalized spacial score (nSPS) is 18.2. The first-order chi connectivity index (χ1) is 11.6. The van der Waals surface area contributed by atoms with Crippen molar-refractivity contribution < 1.29 is 9.21 Å². The molecule has 2 aromatic heterocycles. The number of piperidine rings is 1. The Kier molecular flexibility index (Phi) is 3.63. The molecule has 1 aromatic carbocycles. The quantitative estimate of drug-likeness (QED) is 0.780. The van der Waals surface area contributed by atoms with Gasteiger partial charge in [-0.3, -0.25) is 4.79 Å². The van der Waals surface area contributed by atoms with E-state index in [0.29, 0.717) is 17.9 Å². The Morgan fingerprint density at radius 1 is 1.33 bits per heavy atom. The molecule has 24 heavy (non-hydrogen) atoms. The number of hydrogen-bond donors (Lipinski definition) is 1. The minimum Gasteiger partial charge on any atom is -0.466 e. The van der Waals surface area contributed by atoms with E-state index >= 15 is 0 Å². The van der Waals surface area contributed by atoms with Crippen molar-refractivity contribution in [3.05, 3.63) is 53.2 Å². The molecule has 1 atom stereocenters. The molecule has 5 nitrogen and oxygen atoms in total. The lowest BCUT2D eigenvalue weighted by molar-refractivity contribution is 0.0703. The lowest BCUT2D eigenvalue weighted by Crippen LogP contribution is -2.39. The Morgan fingerprint density at radius 3 is 2.92 bits per heavy atom. The number of para-hydroxylation sites is 2. The smallest absolute Gasteiger partial charge is 0.257 e. The standard InChI is InChI=1S/C19H21N3O2/c1-12-10-15(13(2)24-12)19(23)22-9-5-6-14(11-22)18-20-16-7-3-4-8-17(16)21-18/h3-4,7-8,10,14H,5-6,9,11H2,1-2H3,(H,20,21). The van der Waals surface area contributed by atoms with Gasteiger partial charge in [0.2, 0.25) is 0 Å². The third kappa shape index (κ3) is 2.60. The van der Waals surface area contributed by atoms with E-state index < -0.39 is 0 Å². The molecule has 0 bridgehead atoms. The number of amides is 1. The Balaban J connectivity index is 1.57. The summed E-state index contributed by atoms with van der Waals surface area (Å²) in [5.74, 6) is 2.77. The second kappa shape index (κ2) is 5.82. The summed E-state index contributed by atoms with van der Waals surface area (Å²) in [6.45, 7) is 5.21. The van der Waals surface area contributed by atoms with E-state index in [4.69, 9.17) is 9.40 Å². The zero-order valence-electron chi connectivity index (χ0n) is 14.0. The molecule has 0 aliphatic carbocycles. The molecule has 0 radical (unpaired) electrons. The van der Waals surface area contributed by atoms with Crippen molar-refractivity contribution in [1.82, 2.24) is 14.9 Å². The van der Waals surface area contributed by atoms with Crippen molar-refractivity contribution in [2.24, 2.45) is 0 Å². The number of imidazole rings is 1. The van der Waals surface area contributed by atoms with Crippen molar-refractivity contribution >= 4 is 16.9 Å². The van der Waals surface area contributed by atoms with E-state index in [9.17, 15) is 4.79 Å². The first-order valence-electron chi connectivity index (χ1n) is 8.43. The van der Waals surface area contributed by atoms with E-state index in [-0.39, 0.29) is 11.8 Å². The number of aromatic amines is 1. The molecule has 0 saturated carbocycles. The highest BCUT2D eigenvalue weighted by atomic mass is 16.3. The van der Waals surface area contributed by atoms with Crippen LogP contribution in [0.15, 0.2) is 34.7 Å². The maximum Gasteiger partial charge on any atom is 0.257 e. The number of H-pyrrole nitrogens is 1. The molecule has 1 amide bonds. The van der Waals surface area contributed by atoms with Gasteiger partial charge in [-0.2, -0.15) is 0 Å². The molecule has 4 rings (SSSR count). The number of carbonyl (C=O) groups is 1. The zero-order valence-corrected chi connectivity index (χ0v) is 14.0. The molecule has 0 spiro atoms. The molecule has 1 aliphatic rings. The second-order valence-electron chi connectivity index (χ2n) is 6.56. The first-order valence-corrected chi connectivity index (χ1v) is 8.43. The first kappa shape index (κ1) is 15.0. The van der Waals surface area contributed by atoms with E-state index in [1.54, 1.807) is 0 Å². The number of benzene rings is 1. The highest BCUT2D eigenvalue weighted by Gasteiger charge is 2.28. The topological polar surface area (TPSA) is 62.1 Å². The second-order valence-corrected chi connectivity index (χ2v) is 6.56. The minimum atomic E-state index is 0.0603. The number of fused-ring (bicyclic) bond motifs is 1. The van der Waals surface area contributed by atoms with Crippen LogP contribution in [0, 0.1) is 13.8 Å². The number of nitrogens with zero attached hydrogens (tertiary/aromatic N) is 2. The number of carbonyl (C=O) groups excluding carboxylic acids is 1. The molecule has 3 aromatic rings. The number of aromatic nitrogens is 2. The van der Waals surface area contributed by atoms with E-state index in [2.05, 4.69) is 4.98 Å². The lowest BCUT2D eigenvalue weighted by Gasteiger charge is -2.31. The van der Waals surface area contributed by atoms with Crippen LogP contribution in [0.5, 0.6) is 0 Å². The summed E-state index contributed by atoms with van der Waals surface area (Å²) in [6, 6.07) is 9.88. The van der Waals surface area contributed by atoms with Crippen LogP contribution >= 0.6 is 0 Å². The molecular formula is C19H21N3O2. The Hall–Kier alpha value is -2.56. The largest absolute Gasteiger partial charge is 0.466 e. The van der Waals surface area contributed by atoms with Crippen LogP contribution < -0.4 is 0 Å². The number of aryl methyl sites for hydroxylation is 2. The third-order valence-corrected chi connectivity index (χ3v) is 4.77. The van der Waals surface area contributed by atoms with Crippen molar-refractivity contribution in [2.45, 2.75) is 32.6 Å². The molecule has 1 aliphatic heterocycles. The number of furan rings is 1. The van der Waals surface area contributed by atoms with E-state index in [0.717, 1.165) is 42.0 Å². The monoisotopic (exact) mass is 323 g/mol. The summed E-state index contributed by atoms with van der Waals surface area (Å²) in [7, 11) is 0. The molecule has 1 saturated heterocycles. The SMILES string of the molecule is Cc1cc(C(=O)N2CCCC(c3nc4ccccc4[nH]3)C2)c(C)o1. The van der Waals surface area contributed by atoms with Crippen molar-refractivity contribution in [1.29, 1.82) is 0 Å². The number of nitrogens with one attached hydrogen (secondary N) is 1. The lowest BCUT2D eigenvalue weighted by atomic mass is 9.96. The highest BCUT2D eigenvalue weighted by Crippen LogP contribution is 2.28. The van der Waals surface area contributed by atoms with Crippen LogP contribution in [-0.4, -0.2) is 33.9 Å². The molecule has 5 heteroatoms. The molecule has 1 fully saturated rings. The van der Waals surface area contributed by atoms with Gasteiger partial charge in [0.05, 0.1) is 16.6 Å². The summed E-state index contributed by atoms with van der Waals surface area (Å²) < 4.78 is 5.51. The fraction of sp³-hybridized carbons (Fsp3) is 0.368. The maximum atomic E-state index is 12.8. The van der Waals surface area contributed by atoms with Crippen molar-refractivity contribution in [3.63, 3.8) is 0 Å². The highest BCUT2D eigenvalue weighted by molar-refractivity contribution is 5.95. The van der Waals surface area contributed by atoms with Gasteiger partial charge in [0, 0.05) is 19.0 Å². The van der Waals surface area contributed by atoms with Gasteiger partial charge in [-0.1, -0.05) is 12.1 Å². The predicted molar refractivity (Wildman–Crippen MR) is 92.2 cm³/mol. The fourth-order valence-corrected chi connectivity index (χ4v) is 3.56. The van der Waals surface area contributed by atoms with Crippen LogP contribution in [0.2, 0.25) is 0 Å². The van der Waals surface area contributed by atoms with Gasteiger partial charge >= 0.3 is 0 Å². The van der Waals surface area contributed by atoms with E-state index in [1.165, 1.54) is 0 Å². The van der Waals surface area contributed by atoms with Gasteiger partial charge in [-0.05, 0) is 44.9 Å². The van der Waals surface area contributed by atoms with Gasteiger partial charge in [0.1, 0.15) is 17.3 Å². The number of rotatable bonds is 2. The molecular weight excluding hydrogens is 302 g/mol. The number of hydrogen-bond acceptors (Lipinski definition) is 3. The summed E-state index contributed by atoms with van der Waals surface area (Å²) >= 11 is 0. The summed E-state index contributed by atoms with van der Waals surface area (Å²) in [6.07, 6.45) is 2.04. The fourth-order valence-electron chi connectivity index (χ4n) is 3.56. The van der Waals surface area contributed by atoms with Crippen LogP contribution in [0.4, 0.5) is 0 Å².